The van der Waals surface area contributed by atoms with Crippen molar-refractivity contribution in [3.63, 3.8) is 0 Å². The van der Waals surface area contributed by atoms with Gasteiger partial charge in [-0.25, -0.2) is 0 Å². The Morgan fingerprint density at radius 3 is 1.37 bits per heavy atom. The first-order chi connectivity index (χ1) is 16.1. The smallest absolute Gasteiger partial charge is 0.400 e. The Hall–Kier alpha value is -1.63. The monoisotopic (exact) mass is 490 g/mol. The summed E-state index contributed by atoms with van der Waals surface area (Å²) in [5.41, 5.74) is 0.272. The molecule has 7 heteroatoms. The van der Waals surface area contributed by atoms with Crippen LogP contribution in [0.15, 0.2) is 65.8 Å². The van der Waals surface area contributed by atoms with Crippen LogP contribution in [-0.4, -0.2) is 44.7 Å². The minimum Gasteiger partial charge on any atom is -0.400 e. The fourth-order valence-electron chi connectivity index (χ4n) is 4.73. The van der Waals surface area contributed by atoms with Crippen LogP contribution in [0, 0.1) is 0 Å². The fraction of sp³-hybridized carbons (Fsp3) is 0.500. The van der Waals surface area contributed by atoms with Gasteiger partial charge in [0.05, 0.1) is 22.4 Å². The first-order valence-corrected chi connectivity index (χ1v) is 15.7. The lowest BCUT2D eigenvalue weighted by Gasteiger charge is -2.32. The van der Waals surface area contributed by atoms with Crippen molar-refractivity contribution in [3.05, 3.63) is 71.3 Å². The molecule has 0 bridgehead atoms. The van der Waals surface area contributed by atoms with Gasteiger partial charge in [-0.05, 0) is 71.5 Å². The Morgan fingerprint density at radius 1 is 0.571 bits per heavy atom. The molecule has 0 spiro atoms. The predicted octanol–water partition coefficient (Wildman–Crippen LogP) is 5.86. The van der Waals surface area contributed by atoms with Crippen LogP contribution in [0.1, 0.15) is 61.0 Å². The number of benzene rings is 2. The SMILES string of the molecule is CC1(C)OB(/C(=C(\B2OC(C)(C)C(C)(C)O2)[Si](C)(C)c2ccccc2)c2ccccc2)OC1(C)C. The molecule has 4 rings (SSSR count). The Balaban J connectivity index is 2.01. The molecule has 0 aromatic heterocycles. The third kappa shape index (κ3) is 4.62. The van der Waals surface area contributed by atoms with Crippen LogP contribution < -0.4 is 5.19 Å². The van der Waals surface area contributed by atoms with Crippen molar-refractivity contribution < 1.29 is 18.6 Å². The highest BCUT2D eigenvalue weighted by Gasteiger charge is 2.59. The quantitative estimate of drug-likeness (QED) is 0.493. The standard InChI is InChI=1S/C28H40B2O4Si/c1-25(2)26(3,4)32-29(31-25)23(21-17-13-11-14-18-21)24(30-33-27(5,6)28(7,8)34-30)35(9,10)22-19-15-12-16-20-22/h11-20H,1-10H3/b24-23+. The summed E-state index contributed by atoms with van der Waals surface area (Å²) in [4.78, 5) is 0. The average Bonchev–Trinajstić information content (AvgIpc) is 3.11. The van der Waals surface area contributed by atoms with Crippen molar-refractivity contribution in [1.82, 2.24) is 0 Å². The number of hydrogen-bond donors (Lipinski definition) is 0. The van der Waals surface area contributed by atoms with Gasteiger partial charge in [-0.15, -0.1) is 0 Å². The molecule has 0 aliphatic carbocycles. The highest BCUT2D eigenvalue weighted by Crippen LogP contribution is 2.46. The zero-order valence-corrected chi connectivity index (χ0v) is 24.1. The lowest BCUT2D eigenvalue weighted by molar-refractivity contribution is 0.00578. The number of hydrogen-bond acceptors (Lipinski definition) is 4. The maximum atomic E-state index is 6.74. The van der Waals surface area contributed by atoms with Gasteiger partial charge in [0.2, 0.25) is 0 Å². The molecule has 4 nitrogen and oxygen atoms in total. The van der Waals surface area contributed by atoms with Crippen LogP contribution in [0.25, 0.3) is 5.47 Å². The molecule has 186 valence electrons. The van der Waals surface area contributed by atoms with E-state index in [0.717, 1.165) is 16.1 Å². The van der Waals surface area contributed by atoms with E-state index in [4.69, 9.17) is 18.6 Å². The molecular formula is C28H40B2O4Si. The second-order valence-electron chi connectivity index (χ2n) is 12.4. The molecule has 0 saturated carbocycles. The highest BCUT2D eigenvalue weighted by molar-refractivity contribution is 7.07. The molecule has 2 aromatic rings. The minimum atomic E-state index is -2.34. The number of rotatable bonds is 5. The van der Waals surface area contributed by atoms with Crippen molar-refractivity contribution in [3.8, 4) is 0 Å². The van der Waals surface area contributed by atoms with E-state index in [9.17, 15) is 0 Å². The zero-order chi connectivity index (χ0) is 25.9. The van der Waals surface area contributed by atoms with Crippen LogP contribution in [0.4, 0.5) is 0 Å². The molecule has 2 aliphatic heterocycles. The second kappa shape index (κ2) is 8.74. The van der Waals surface area contributed by atoms with Crippen molar-refractivity contribution in [1.29, 1.82) is 0 Å². The summed E-state index contributed by atoms with van der Waals surface area (Å²) in [5.74, 6) is 0. The molecule has 0 radical (unpaired) electrons. The normalized spacial score (nSPS) is 23.4. The zero-order valence-electron chi connectivity index (χ0n) is 23.1. The van der Waals surface area contributed by atoms with Gasteiger partial charge in [-0.1, -0.05) is 78.9 Å². The van der Waals surface area contributed by atoms with Crippen LogP contribution in [0.2, 0.25) is 13.1 Å². The van der Waals surface area contributed by atoms with Crippen molar-refractivity contribution in [2.75, 3.05) is 0 Å². The van der Waals surface area contributed by atoms with E-state index in [2.05, 4.69) is 123 Å². The molecule has 0 amide bonds. The predicted molar refractivity (Wildman–Crippen MR) is 149 cm³/mol. The molecule has 0 unspecified atom stereocenters. The Bertz CT molecular complexity index is 1060. The van der Waals surface area contributed by atoms with E-state index in [0.29, 0.717) is 0 Å². The third-order valence-electron chi connectivity index (χ3n) is 8.52. The van der Waals surface area contributed by atoms with Gasteiger partial charge >= 0.3 is 14.2 Å². The summed E-state index contributed by atoms with van der Waals surface area (Å²) < 4.78 is 26.9. The maximum Gasteiger partial charge on any atom is 0.494 e. The van der Waals surface area contributed by atoms with Gasteiger partial charge in [-0.2, -0.15) is 0 Å². The van der Waals surface area contributed by atoms with E-state index < -0.39 is 44.7 Å². The molecule has 35 heavy (non-hydrogen) atoms. The van der Waals surface area contributed by atoms with Gasteiger partial charge < -0.3 is 18.6 Å². The molecule has 2 aliphatic rings. The van der Waals surface area contributed by atoms with Crippen LogP contribution in [-0.2, 0) is 18.6 Å². The summed E-state index contributed by atoms with van der Waals surface area (Å²) in [6, 6.07) is 21.2. The second-order valence-corrected chi connectivity index (χ2v) is 16.7. The summed E-state index contributed by atoms with van der Waals surface area (Å²) in [5, 5.41) is 2.47. The highest BCUT2D eigenvalue weighted by atomic mass is 28.3. The van der Waals surface area contributed by atoms with Crippen LogP contribution >= 0.6 is 0 Å². The molecule has 2 fully saturated rings. The molecule has 2 aromatic carbocycles. The van der Waals surface area contributed by atoms with Gasteiger partial charge in [0.25, 0.3) is 0 Å². The van der Waals surface area contributed by atoms with Gasteiger partial charge in [0.1, 0.15) is 8.07 Å². The summed E-state index contributed by atoms with van der Waals surface area (Å²) in [6.07, 6.45) is 0. The lowest BCUT2D eigenvalue weighted by Crippen LogP contribution is -2.51. The molecule has 0 N–H and O–H groups in total. The summed E-state index contributed by atoms with van der Waals surface area (Å²) in [7, 11) is -3.37. The maximum absolute atomic E-state index is 6.74. The molecule has 2 heterocycles. The lowest BCUT2D eigenvalue weighted by atomic mass is 9.67. The van der Waals surface area contributed by atoms with E-state index in [-0.39, 0.29) is 0 Å². The average molecular weight is 490 g/mol. The topological polar surface area (TPSA) is 36.9 Å². The molecule has 2 saturated heterocycles. The first kappa shape index (κ1) is 26.4. The fourth-order valence-corrected chi connectivity index (χ4v) is 7.71. The van der Waals surface area contributed by atoms with Crippen LogP contribution in [0.3, 0.4) is 0 Å². The van der Waals surface area contributed by atoms with Crippen molar-refractivity contribution in [2.45, 2.75) is 90.9 Å². The van der Waals surface area contributed by atoms with Gasteiger partial charge in [0.15, 0.2) is 0 Å². The van der Waals surface area contributed by atoms with Crippen molar-refractivity contribution >= 4 is 33.0 Å². The van der Waals surface area contributed by atoms with E-state index >= 15 is 0 Å². The van der Waals surface area contributed by atoms with E-state index in [1.165, 1.54) is 5.19 Å². The third-order valence-corrected chi connectivity index (χ3v) is 12.2. The first-order valence-electron chi connectivity index (χ1n) is 12.7. The van der Waals surface area contributed by atoms with Crippen molar-refractivity contribution in [2.24, 2.45) is 0 Å². The summed E-state index contributed by atoms with van der Waals surface area (Å²) in [6.45, 7) is 21.6. The molecular weight excluding hydrogens is 450 g/mol. The van der Waals surface area contributed by atoms with E-state index in [1.807, 2.05) is 6.07 Å². The Kier molecular flexibility index (Phi) is 6.60. The minimum absolute atomic E-state index is 0.457. The van der Waals surface area contributed by atoms with E-state index in [1.54, 1.807) is 0 Å². The molecule has 0 atom stereocenters. The van der Waals surface area contributed by atoms with Gasteiger partial charge in [-0.3, -0.25) is 0 Å². The summed E-state index contributed by atoms with van der Waals surface area (Å²) >= 11 is 0. The Labute approximate surface area is 213 Å². The van der Waals surface area contributed by atoms with Gasteiger partial charge in [0, 0.05) is 0 Å². The largest absolute Gasteiger partial charge is 0.494 e. The van der Waals surface area contributed by atoms with Crippen LogP contribution in [0.5, 0.6) is 0 Å². The Morgan fingerprint density at radius 2 is 0.943 bits per heavy atom.